The first kappa shape index (κ1) is 16.5. The van der Waals surface area contributed by atoms with Crippen molar-refractivity contribution in [2.45, 2.75) is 39.5 Å². The molecular weight excluding hydrogens is 288 g/mol. The van der Waals surface area contributed by atoms with Crippen LogP contribution in [-0.2, 0) is 0 Å². The third kappa shape index (κ3) is 3.59. The van der Waals surface area contributed by atoms with Gasteiger partial charge in [0.1, 0.15) is 0 Å². The molecule has 0 radical (unpaired) electrons. The highest BCUT2D eigenvalue weighted by Gasteiger charge is 1.99. The van der Waals surface area contributed by atoms with Crippen molar-refractivity contribution < 1.29 is 0 Å². The number of hydrogen-bond donors (Lipinski definition) is 0. The Morgan fingerprint density at radius 2 is 0.833 bits per heavy atom. The van der Waals surface area contributed by atoms with Crippen LogP contribution in [0.4, 0.5) is 0 Å². The Bertz CT molecular complexity index is 837. The van der Waals surface area contributed by atoms with E-state index in [1.807, 2.05) is 0 Å². The summed E-state index contributed by atoms with van der Waals surface area (Å²) < 4.78 is 0. The summed E-state index contributed by atoms with van der Waals surface area (Å²) in [5.41, 5.74) is 2.73. The lowest BCUT2D eigenvalue weighted by Crippen LogP contribution is -1.84. The van der Waals surface area contributed by atoms with Crippen LogP contribution in [0.1, 0.15) is 50.7 Å². The van der Waals surface area contributed by atoms with Crippen molar-refractivity contribution in [3.63, 3.8) is 0 Å². The zero-order valence-corrected chi connectivity index (χ0v) is 15.1. The van der Waals surface area contributed by atoms with Crippen LogP contribution in [0.2, 0.25) is 0 Å². The number of hydrogen-bond acceptors (Lipinski definition) is 0. The molecule has 0 nitrogen and oxygen atoms in total. The Labute approximate surface area is 145 Å². The van der Waals surface area contributed by atoms with Gasteiger partial charge in [-0.3, -0.25) is 0 Å². The molecule has 0 unspecified atom stereocenters. The van der Waals surface area contributed by atoms with Gasteiger partial charge in [0.15, 0.2) is 0 Å². The SMILES string of the molecule is CC(C)c1cccc2cc3ccc(C(C)C)cccc3cc2cc1. The smallest absolute Gasteiger partial charge is 0.0178 e. The fraction of sp³-hybridized carbons (Fsp3) is 0.250. The van der Waals surface area contributed by atoms with Crippen molar-refractivity contribution in [1.29, 1.82) is 0 Å². The molecule has 122 valence electrons. The molecule has 0 aliphatic carbocycles. The average Bonchev–Trinajstić information content (AvgIpc) is 2.49. The van der Waals surface area contributed by atoms with Gasteiger partial charge in [0, 0.05) is 0 Å². The second-order valence-corrected chi connectivity index (χ2v) is 7.14. The summed E-state index contributed by atoms with van der Waals surface area (Å²) in [6.45, 7) is 8.94. The fourth-order valence-electron chi connectivity index (χ4n) is 3.02. The average molecular weight is 314 g/mol. The summed E-state index contributed by atoms with van der Waals surface area (Å²) in [5, 5.41) is 5.11. The van der Waals surface area contributed by atoms with Gasteiger partial charge in [-0.1, -0.05) is 88.4 Å². The van der Waals surface area contributed by atoms with E-state index in [0.29, 0.717) is 11.8 Å². The Balaban J connectivity index is 2.26. The monoisotopic (exact) mass is 314 g/mol. The van der Waals surface area contributed by atoms with E-state index in [-0.39, 0.29) is 0 Å². The standard InChI is InChI=1S/C24H26/c1-17(2)19-7-5-9-21-16-24-14-12-20(18(3)4)8-6-10-22(24)15-23(21)13-11-19/h5-18H,1-4H3. The largest absolute Gasteiger partial charge is 0.0614 e. The van der Waals surface area contributed by atoms with E-state index in [1.165, 1.54) is 32.7 Å². The molecular formula is C24H26. The van der Waals surface area contributed by atoms with Gasteiger partial charge in [0.25, 0.3) is 0 Å². The van der Waals surface area contributed by atoms with Crippen LogP contribution in [0.15, 0.2) is 72.8 Å². The maximum absolute atomic E-state index is 2.30. The predicted octanol–water partition coefficient (Wildman–Crippen LogP) is 7.36. The number of rotatable bonds is 2. The van der Waals surface area contributed by atoms with E-state index in [9.17, 15) is 0 Å². The van der Waals surface area contributed by atoms with Crippen molar-refractivity contribution in [1.82, 2.24) is 0 Å². The van der Waals surface area contributed by atoms with E-state index in [4.69, 9.17) is 0 Å². The van der Waals surface area contributed by atoms with E-state index in [0.717, 1.165) is 0 Å². The van der Waals surface area contributed by atoms with Gasteiger partial charge in [-0.15, -0.1) is 0 Å². The van der Waals surface area contributed by atoms with E-state index in [2.05, 4.69) is 100 Å². The van der Waals surface area contributed by atoms with Gasteiger partial charge < -0.3 is 0 Å². The predicted molar refractivity (Wildman–Crippen MR) is 107 cm³/mol. The quantitative estimate of drug-likeness (QED) is 0.463. The van der Waals surface area contributed by atoms with Gasteiger partial charge in [-0.25, -0.2) is 0 Å². The van der Waals surface area contributed by atoms with E-state index >= 15 is 0 Å². The van der Waals surface area contributed by atoms with Gasteiger partial charge >= 0.3 is 0 Å². The zero-order valence-electron chi connectivity index (χ0n) is 15.1. The van der Waals surface area contributed by atoms with Gasteiger partial charge in [0.05, 0.1) is 0 Å². The minimum atomic E-state index is 0.541. The molecule has 0 aliphatic rings. The van der Waals surface area contributed by atoms with Gasteiger partial charge in [-0.05, 0) is 56.6 Å². The van der Waals surface area contributed by atoms with Gasteiger partial charge in [0.2, 0.25) is 0 Å². The van der Waals surface area contributed by atoms with Crippen LogP contribution >= 0.6 is 0 Å². The van der Waals surface area contributed by atoms with Crippen molar-refractivity contribution in [2.24, 2.45) is 0 Å². The van der Waals surface area contributed by atoms with Crippen LogP contribution in [0.3, 0.4) is 0 Å². The van der Waals surface area contributed by atoms with E-state index < -0.39 is 0 Å². The first-order valence-electron chi connectivity index (χ1n) is 8.85. The lowest BCUT2D eigenvalue weighted by molar-refractivity contribution is 0.868. The van der Waals surface area contributed by atoms with Crippen molar-refractivity contribution in [3.8, 4) is 0 Å². The molecule has 3 aromatic rings. The summed E-state index contributed by atoms with van der Waals surface area (Å²) in [6, 6.07) is 26.8. The molecule has 0 amide bonds. The van der Waals surface area contributed by atoms with Crippen molar-refractivity contribution in [3.05, 3.63) is 83.9 Å². The topological polar surface area (TPSA) is 0 Å². The van der Waals surface area contributed by atoms with Crippen molar-refractivity contribution in [2.75, 3.05) is 0 Å². The van der Waals surface area contributed by atoms with Crippen molar-refractivity contribution >= 4 is 21.5 Å². The lowest BCUT2D eigenvalue weighted by atomic mass is 10.00. The zero-order chi connectivity index (χ0) is 17.1. The Morgan fingerprint density at radius 3 is 1.21 bits per heavy atom. The fourth-order valence-corrected chi connectivity index (χ4v) is 3.02. The second kappa shape index (κ2) is 7.05. The maximum Gasteiger partial charge on any atom is -0.0178 e. The minimum Gasteiger partial charge on any atom is -0.0614 e. The van der Waals surface area contributed by atoms with Crippen LogP contribution < -0.4 is 0 Å². The van der Waals surface area contributed by atoms with Crippen LogP contribution in [0, 0.1) is 0 Å². The third-order valence-electron chi connectivity index (χ3n) is 4.66. The molecule has 0 N–H and O–H groups in total. The highest BCUT2D eigenvalue weighted by atomic mass is 14.0. The lowest BCUT2D eigenvalue weighted by Gasteiger charge is -2.05. The molecule has 0 heterocycles. The summed E-state index contributed by atoms with van der Waals surface area (Å²) in [6.07, 6.45) is 0. The van der Waals surface area contributed by atoms with Crippen LogP contribution in [0.5, 0.6) is 0 Å². The number of benzene rings is 1. The molecule has 0 saturated heterocycles. The molecule has 24 heavy (non-hydrogen) atoms. The first-order chi connectivity index (χ1) is 11.5. The van der Waals surface area contributed by atoms with Gasteiger partial charge in [-0.2, -0.15) is 0 Å². The normalized spacial score (nSPS) is 11.2. The maximum atomic E-state index is 2.30. The summed E-state index contributed by atoms with van der Waals surface area (Å²) in [4.78, 5) is 0. The molecule has 3 aromatic carbocycles. The second-order valence-electron chi connectivity index (χ2n) is 7.14. The molecule has 0 spiro atoms. The molecule has 0 bridgehead atoms. The third-order valence-corrected chi connectivity index (χ3v) is 4.66. The molecule has 0 atom stereocenters. The minimum absolute atomic E-state index is 0.541. The molecule has 0 aromatic heterocycles. The Hall–Kier alpha value is -2.34. The van der Waals surface area contributed by atoms with Crippen LogP contribution in [-0.4, -0.2) is 0 Å². The highest BCUT2D eigenvalue weighted by molar-refractivity contribution is 5.97. The molecule has 0 fully saturated rings. The summed E-state index contributed by atoms with van der Waals surface area (Å²) >= 11 is 0. The number of fused-ring (bicyclic) bond motifs is 2. The van der Waals surface area contributed by atoms with E-state index in [1.54, 1.807) is 0 Å². The highest BCUT2D eigenvalue weighted by Crippen LogP contribution is 2.23. The molecule has 3 rings (SSSR count). The molecule has 0 aliphatic heterocycles. The molecule has 0 saturated carbocycles. The van der Waals surface area contributed by atoms with Crippen LogP contribution in [0.25, 0.3) is 21.5 Å². The summed E-state index contributed by atoms with van der Waals surface area (Å²) in [7, 11) is 0. The summed E-state index contributed by atoms with van der Waals surface area (Å²) in [5.74, 6) is 1.08. The first-order valence-corrected chi connectivity index (χ1v) is 8.85. The molecule has 0 heteroatoms. The Morgan fingerprint density at radius 1 is 0.458 bits per heavy atom. The Kier molecular flexibility index (Phi) is 4.85.